The minimum absolute atomic E-state index is 0.0638. The number of aliphatic hydroxyl groups excluding tert-OH is 2. The van der Waals surface area contributed by atoms with Crippen molar-refractivity contribution < 1.29 is 10.2 Å². The van der Waals surface area contributed by atoms with Crippen LogP contribution >= 0.6 is 11.3 Å². The largest absolute Gasteiger partial charge is 0.396 e. The lowest BCUT2D eigenvalue weighted by molar-refractivity contribution is 0.0762. The van der Waals surface area contributed by atoms with Crippen LogP contribution in [0.25, 0.3) is 10.2 Å². The van der Waals surface area contributed by atoms with E-state index in [1.54, 1.807) is 17.7 Å². The molecule has 0 bridgehead atoms. The Morgan fingerprint density at radius 2 is 2.06 bits per heavy atom. The number of aromatic nitrogens is 2. The van der Waals surface area contributed by atoms with E-state index >= 15 is 0 Å². The van der Waals surface area contributed by atoms with Crippen LogP contribution < -0.4 is 4.90 Å². The topological polar surface area (TPSA) is 69.5 Å². The number of thiophene rings is 1. The number of hydrogen-bond acceptors (Lipinski definition) is 6. The van der Waals surface area contributed by atoms with Crippen molar-refractivity contribution in [3.63, 3.8) is 0 Å². The smallest absolute Gasteiger partial charge is 0.140 e. The lowest BCUT2D eigenvalue weighted by atomic mass is 9.92. The molecule has 2 rings (SSSR count). The molecule has 5 nitrogen and oxygen atoms in total. The van der Waals surface area contributed by atoms with Crippen molar-refractivity contribution in [3.8, 4) is 0 Å². The molecule has 0 aliphatic rings. The van der Waals surface area contributed by atoms with Gasteiger partial charge in [-0.25, -0.2) is 9.97 Å². The highest BCUT2D eigenvalue weighted by atomic mass is 32.1. The van der Waals surface area contributed by atoms with Crippen LogP contribution in [-0.2, 0) is 0 Å². The molecule has 0 aromatic carbocycles. The lowest BCUT2D eigenvalue weighted by Gasteiger charge is -2.31. The van der Waals surface area contributed by atoms with E-state index in [1.165, 1.54) is 0 Å². The Labute approximate surface area is 110 Å². The summed E-state index contributed by atoms with van der Waals surface area (Å²) in [5.41, 5.74) is -0.540. The first-order valence-corrected chi connectivity index (χ1v) is 6.59. The number of aliphatic hydroxyl groups is 2. The minimum Gasteiger partial charge on any atom is -0.396 e. The van der Waals surface area contributed by atoms with Crippen molar-refractivity contribution in [2.45, 2.75) is 6.92 Å². The van der Waals surface area contributed by atoms with E-state index in [0.29, 0.717) is 6.54 Å². The van der Waals surface area contributed by atoms with Gasteiger partial charge in [-0.05, 0) is 11.4 Å². The van der Waals surface area contributed by atoms with Gasteiger partial charge in [-0.15, -0.1) is 11.3 Å². The Bertz CT molecular complexity index is 525. The van der Waals surface area contributed by atoms with Gasteiger partial charge in [-0.3, -0.25) is 0 Å². The van der Waals surface area contributed by atoms with Crippen LogP contribution in [0.4, 0.5) is 5.82 Å². The average Bonchev–Trinajstić information content (AvgIpc) is 2.86. The van der Waals surface area contributed by atoms with E-state index in [4.69, 9.17) is 0 Å². The van der Waals surface area contributed by atoms with Gasteiger partial charge in [0.1, 0.15) is 17.0 Å². The zero-order valence-corrected chi connectivity index (χ0v) is 11.3. The van der Waals surface area contributed by atoms with E-state index < -0.39 is 5.41 Å². The lowest BCUT2D eigenvalue weighted by Crippen LogP contribution is -2.39. The van der Waals surface area contributed by atoms with Crippen LogP contribution in [0, 0.1) is 5.41 Å². The van der Waals surface area contributed by atoms with E-state index in [-0.39, 0.29) is 13.2 Å². The maximum absolute atomic E-state index is 9.34. The first-order chi connectivity index (χ1) is 8.59. The third-order valence-electron chi connectivity index (χ3n) is 2.98. The molecular weight excluding hydrogens is 250 g/mol. The second kappa shape index (κ2) is 5.17. The number of anilines is 1. The Hall–Kier alpha value is -1.24. The molecule has 0 saturated carbocycles. The molecule has 98 valence electrons. The molecule has 2 aromatic heterocycles. The summed E-state index contributed by atoms with van der Waals surface area (Å²) in [4.78, 5) is 11.4. The van der Waals surface area contributed by atoms with Crippen molar-refractivity contribution >= 4 is 27.4 Å². The second-order valence-electron chi connectivity index (χ2n) is 4.82. The second-order valence-corrected chi connectivity index (χ2v) is 5.71. The zero-order chi connectivity index (χ0) is 13.2. The molecule has 0 amide bonds. The normalized spacial score (nSPS) is 12.0. The van der Waals surface area contributed by atoms with E-state index in [1.807, 2.05) is 30.3 Å². The third kappa shape index (κ3) is 2.45. The van der Waals surface area contributed by atoms with E-state index in [2.05, 4.69) is 9.97 Å². The van der Waals surface area contributed by atoms with Crippen molar-refractivity contribution in [2.24, 2.45) is 5.41 Å². The monoisotopic (exact) mass is 267 g/mol. The van der Waals surface area contributed by atoms with Crippen molar-refractivity contribution in [3.05, 3.63) is 17.8 Å². The van der Waals surface area contributed by atoms with Crippen LogP contribution in [0.1, 0.15) is 6.92 Å². The predicted molar refractivity (Wildman–Crippen MR) is 73.0 cm³/mol. The van der Waals surface area contributed by atoms with Crippen LogP contribution in [0.5, 0.6) is 0 Å². The Morgan fingerprint density at radius 1 is 1.33 bits per heavy atom. The van der Waals surface area contributed by atoms with Crippen molar-refractivity contribution in [1.82, 2.24) is 9.97 Å². The Morgan fingerprint density at radius 3 is 2.72 bits per heavy atom. The summed E-state index contributed by atoms with van der Waals surface area (Å²) in [6.07, 6.45) is 1.54. The molecule has 2 heterocycles. The summed E-state index contributed by atoms with van der Waals surface area (Å²) in [5, 5.41) is 21.7. The first-order valence-electron chi connectivity index (χ1n) is 5.71. The Kier molecular flexibility index (Phi) is 3.79. The summed E-state index contributed by atoms with van der Waals surface area (Å²) < 4.78 is 0. The van der Waals surface area contributed by atoms with Gasteiger partial charge < -0.3 is 15.1 Å². The van der Waals surface area contributed by atoms with Gasteiger partial charge in [-0.1, -0.05) is 6.92 Å². The predicted octanol–water partition coefficient (Wildman–Crippen LogP) is 1.12. The van der Waals surface area contributed by atoms with Gasteiger partial charge in [0.15, 0.2) is 0 Å². The number of rotatable bonds is 5. The van der Waals surface area contributed by atoms with Gasteiger partial charge in [0.25, 0.3) is 0 Å². The molecule has 2 aromatic rings. The summed E-state index contributed by atoms with van der Waals surface area (Å²) in [5.74, 6) is 0.828. The van der Waals surface area contributed by atoms with Crippen LogP contribution in [-0.4, -0.2) is 47.0 Å². The van der Waals surface area contributed by atoms with Crippen LogP contribution in [0.2, 0.25) is 0 Å². The molecule has 0 aliphatic carbocycles. The summed E-state index contributed by atoms with van der Waals surface area (Å²) in [6, 6.07) is 1.99. The molecule has 0 atom stereocenters. The fourth-order valence-electron chi connectivity index (χ4n) is 1.88. The summed E-state index contributed by atoms with van der Waals surface area (Å²) in [7, 11) is 1.91. The maximum atomic E-state index is 9.34. The number of nitrogens with zero attached hydrogens (tertiary/aromatic N) is 3. The molecule has 0 fully saturated rings. The fourth-order valence-corrected chi connectivity index (χ4v) is 2.61. The summed E-state index contributed by atoms with van der Waals surface area (Å²) in [6.45, 7) is 2.24. The SMILES string of the molecule is CN(CC(C)(CO)CO)c1ncnc2sccc12. The fraction of sp³-hybridized carbons (Fsp3) is 0.500. The molecule has 0 saturated heterocycles. The molecule has 0 unspecified atom stereocenters. The van der Waals surface area contributed by atoms with Crippen LogP contribution in [0.3, 0.4) is 0 Å². The Balaban J connectivity index is 2.28. The van der Waals surface area contributed by atoms with Gasteiger partial charge >= 0.3 is 0 Å². The number of fused-ring (bicyclic) bond motifs is 1. The highest BCUT2D eigenvalue weighted by Crippen LogP contribution is 2.28. The maximum Gasteiger partial charge on any atom is 0.140 e. The molecule has 0 aliphatic heterocycles. The summed E-state index contributed by atoms with van der Waals surface area (Å²) >= 11 is 1.57. The highest BCUT2D eigenvalue weighted by Gasteiger charge is 2.25. The average molecular weight is 267 g/mol. The van der Waals surface area contributed by atoms with Crippen LogP contribution in [0.15, 0.2) is 17.8 Å². The highest BCUT2D eigenvalue weighted by molar-refractivity contribution is 7.16. The van der Waals surface area contributed by atoms with E-state index in [9.17, 15) is 10.2 Å². The van der Waals surface area contributed by atoms with Gasteiger partial charge in [0.2, 0.25) is 0 Å². The molecule has 0 radical (unpaired) electrons. The van der Waals surface area contributed by atoms with Gasteiger partial charge in [0, 0.05) is 19.0 Å². The van der Waals surface area contributed by atoms with Gasteiger partial charge in [-0.2, -0.15) is 0 Å². The molecule has 2 N–H and O–H groups in total. The van der Waals surface area contributed by atoms with E-state index in [0.717, 1.165) is 16.0 Å². The van der Waals surface area contributed by atoms with Gasteiger partial charge in [0.05, 0.1) is 18.6 Å². The molecule has 0 spiro atoms. The zero-order valence-electron chi connectivity index (χ0n) is 10.5. The minimum atomic E-state index is -0.540. The molecule has 6 heteroatoms. The standard InChI is InChI=1S/C12H17N3O2S/c1-12(6-16,7-17)5-15(2)10-9-3-4-18-11(9)14-8-13-10/h3-4,8,16-17H,5-7H2,1-2H3. The molecule has 18 heavy (non-hydrogen) atoms. The molecular formula is C12H17N3O2S. The first kappa shape index (κ1) is 13.2. The van der Waals surface area contributed by atoms with Crippen molar-refractivity contribution in [2.75, 3.05) is 31.7 Å². The van der Waals surface area contributed by atoms with Crippen molar-refractivity contribution in [1.29, 1.82) is 0 Å². The number of hydrogen-bond donors (Lipinski definition) is 2. The quantitative estimate of drug-likeness (QED) is 0.849. The third-order valence-corrected chi connectivity index (χ3v) is 3.81.